The predicted molar refractivity (Wildman–Crippen MR) is 59.4 cm³/mol. The van der Waals surface area contributed by atoms with E-state index in [-0.39, 0.29) is 10.6 Å². The van der Waals surface area contributed by atoms with Crippen molar-refractivity contribution >= 4 is 11.6 Å². The van der Waals surface area contributed by atoms with Crippen molar-refractivity contribution in [3.05, 3.63) is 30.3 Å². The van der Waals surface area contributed by atoms with E-state index in [1.165, 1.54) is 45.0 Å². The molecule has 17 heavy (non-hydrogen) atoms. The highest BCUT2D eigenvalue weighted by Gasteiger charge is 2.45. The Balaban J connectivity index is 3.20. The van der Waals surface area contributed by atoms with E-state index in [2.05, 4.69) is 0 Å². The maximum Gasteiger partial charge on any atom is 0.491 e. The minimum Gasteiger partial charge on any atom is -0.274 e. The molecule has 0 saturated heterocycles. The first-order chi connectivity index (χ1) is 7.64. The fraction of sp³-hybridized carbons (Fsp3) is 0.417. The van der Waals surface area contributed by atoms with E-state index in [0.29, 0.717) is 0 Å². The summed E-state index contributed by atoms with van der Waals surface area (Å²) in [5.41, 5.74) is -1.26. The zero-order chi connectivity index (χ0) is 13.3. The van der Waals surface area contributed by atoms with Crippen LogP contribution in [0.1, 0.15) is 20.8 Å². The van der Waals surface area contributed by atoms with E-state index in [9.17, 15) is 18.0 Å². The summed E-state index contributed by atoms with van der Waals surface area (Å²) in [5, 5.41) is 0. The molecule has 0 aromatic heterocycles. The number of halogens is 3. The summed E-state index contributed by atoms with van der Waals surface area (Å²) in [7, 11) is 0. The maximum atomic E-state index is 12.9. The molecule has 0 saturated carbocycles. The smallest absolute Gasteiger partial charge is 0.274 e. The van der Waals surface area contributed by atoms with Gasteiger partial charge in [0.2, 0.25) is 5.91 Å². The summed E-state index contributed by atoms with van der Waals surface area (Å²) < 4.78 is 38.7. The van der Waals surface area contributed by atoms with E-state index >= 15 is 0 Å². The van der Waals surface area contributed by atoms with E-state index in [1.807, 2.05) is 0 Å². The van der Waals surface area contributed by atoms with E-state index in [1.54, 1.807) is 6.07 Å². The molecule has 0 N–H and O–H groups in total. The molecule has 5 heteroatoms. The van der Waals surface area contributed by atoms with Gasteiger partial charge in [-0.15, -0.1) is 13.2 Å². The first-order valence-corrected chi connectivity index (χ1v) is 5.10. The molecule has 1 amide bonds. The molecule has 0 bridgehead atoms. The molecular weight excluding hydrogens is 231 g/mol. The third-order valence-corrected chi connectivity index (χ3v) is 2.11. The third kappa shape index (κ3) is 3.22. The van der Waals surface area contributed by atoms with Gasteiger partial charge in [0.15, 0.2) is 0 Å². The lowest BCUT2D eigenvalue weighted by molar-refractivity contribution is -0.155. The molecule has 0 fully saturated rings. The van der Waals surface area contributed by atoms with Gasteiger partial charge in [0.05, 0.1) is 5.69 Å². The quantitative estimate of drug-likeness (QED) is 0.692. The van der Waals surface area contributed by atoms with Gasteiger partial charge in [-0.3, -0.25) is 4.79 Å². The average Bonchev–Trinajstić information content (AvgIpc) is 2.15. The molecule has 0 atom stereocenters. The van der Waals surface area contributed by atoms with Crippen LogP contribution in [0.2, 0.25) is 0 Å². The number of carbonyl (C=O) groups excluding carboxylic acids is 1. The Morgan fingerprint density at radius 1 is 1.06 bits per heavy atom. The van der Waals surface area contributed by atoms with Crippen LogP contribution in [0, 0.1) is 5.41 Å². The first kappa shape index (κ1) is 13.5. The van der Waals surface area contributed by atoms with Crippen molar-refractivity contribution in [3.63, 3.8) is 0 Å². The topological polar surface area (TPSA) is 20.3 Å². The third-order valence-electron chi connectivity index (χ3n) is 2.11. The Morgan fingerprint density at radius 3 is 1.88 bits per heavy atom. The lowest BCUT2D eigenvalue weighted by atomic mass is 9.94. The molecule has 0 radical (unpaired) electrons. The van der Waals surface area contributed by atoms with Crippen molar-refractivity contribution in [2.45, 2.75) is 27.1 Å². The molecule has 0 aliphatic heterocycles. The Kier molecular flexibility index (Phi) is 3.50. The summed E-state index contributed by atoms with van der Waals surface area (Å²) in [6.45, 7) is 4.37. The van der Waals surface area contributed by atoms with Gasteiger partial charge in [0, 0.05) is 5.41 Å². The second-order valence-corrected chi connectivity index (χ2v) is 4.69. The van der Waals surface area contributed by atoms with Gasteiger partial charge in [0.1, 0.15) is 0 Å². The SMILES string of the molecule is CC(C)(C)C(=O)N(c1ccccc1)C(F)(F)F. The largest absolute Gasteiger partial charge is 0.491 e. The van der Waals surface area contributed by atoms with Crippen LogP contribution in [-0.2, 0) is 4.79 Å². The van der Waals surface area contributed by atoms with Crippen LogP contribution in [0.15, 0.2) is 30.3 Å². The van der Waals surface area contributed by atoms with Crippen LogP contribution in [0.25, 0.3) is 0 Å². The van der Waals surface area contributed by atoms with Gasteiger partial charge >= 0.3 is 6.30 Å². The van der Waals surface area contributed by atoms with Gasteiger partial charge < -0.3 is 0 Å². The molecule has 1 aromatic carbocycles. The number of rotatable bonds is 1. The molecule has 0 aliphatic carbocycles. The van der Waals surface area contributed by atoms with E-state index in [4.69, 9.17) is 0 Å². The summed E-state index contributed by atoms with van der Waals surface area (Å²) >= 11 is 0. The number of hydrogen-bond acceptors (Lipinski definition) is 1. The van der Waals surface area contributed by atoms with Crippen LogP contribution < -0.4 is 4.90 Å². The van der Waals surface area contributed by atoms with Crippen molar-refractivity contribution in [1.29, 1.82) is 0 Å². The van der Waals surface area contributed by atoms with Crippen molar-refractivity contribution in [1.82, 2.24) is 0 Å². The number of nitrogens with zero attached hydrogens (tertiary/aromatic N) is 1. The highest BCUT2D eigenvalue weighted by atomic mass is 19.4. The number of benzene rings is 1. The highest BCUT2D eigenvalue weighted by molar-refractivity contribution is 5.97. The van der Waals surface area contributed by atoms with Gasteiger partial charge in [-0.1, -0.05) is 39.0 Å². The molecule has 94 valence electrons. The summed E-state index contributed by atoms with van der Waals surface area (Å²) in [5.74, 6) is -0.976. The van der Waals surface area contributed by atoms with Crippen LogP contribution in [0.5, 0.6) is 0 Å². The van der Waals surface area contributed by atoms with Crippen molar-refractivity contribution in [2.24, 2.45) is 5.41 Å². The first-order valence-electron chi connectivity index (χ1n) is 5.10. The molecule has 0 unspecified atom stereocenters. The summed E-state index contributed by atoms with van der Waals surface area (Å²) in [6.07, 6.45) is -4.72. The molecule has 0 aliphatic rings. The van der Waals surface area contributed by atoms with Crippen LogP contribution >= 0.6 is 0 Å². The van der Waals surface area contributed by atoms with Crippen LogP contribution in [0.4, 0.5) is 18.9 Å². The Hall–Kier alpha value is -1.52. The molecule has 2 nitrogen and oxygen atoms in total. The fourth-order valence-corrected chi connectivity index (χ4v) is 1.29. The molecule has 0 heterocycles. The van der Waals surface area contributed by atoms with Crippen molar-refractivity contribution in [3.8, 4) is 0 Å². The molecule has 1 aromatic rings. The normalized spacial score (nSPS) is 12.4. The number of amides is 1. The average molecular weight is 245 g/mol. The summed E-state index contributed by atoms with van der Waals surface area (Å²) in [4.78, 5) is 11.7. The second kappa shape index (κ2) is 4.39. The van der Waals surface area contributed by atoms with E-state index < -0.39 is 17.6 Å². The second-order valence-electron chi connectivity index (χ2n) is 4.69. The molecular formula is C12H14F3NO. The standard InChI is InChI=1S/C12H14F3NO/c1-11(2,3)10(17)16(12(13,14)15)9-7-5-4-6-8-9/h4-8H,1-3H3. The lowest BCUT2D eigenvalue weighted by Crippen LogP contribution is -2.48. The van der Waals surface area contributed by atoms with Gasteiger partial charge in [-0.05, 0) is 12.1 Å². The van der Waals surface area contributed by atoms with Crippen LogP contribution in [0.3, 0.4) is 0 Å². The number of alkyl halides is 3. The van der Waals surface area contributed by atoms with E-state index in [0.717, 1.165) is 0 Å². The van der Waals surface area contributed by atoms with Gasteiger partial charge in [-0.25, -0.2) is 4.90 Å². The minimum atomic E-state index is -4.72. The number of anilines is 1. The maximum absolute atomic E-state index is 12.9. The van der Waals surface area contributed by atoms with Crippen molar-refractivity contribution < 1.29 is 18.0 Å². The number of para-hydroxylation sites is 1. The van der Waals surface area contributed by atoms with Crippen molar-refractivity contribution in [2.75, 3.05) is 4.90 Å². The number of hydrogen-bond donors (Lipinski definition) is 0. The highest BCUT2D eigenvalue weighted by Crippen LogP contribution is 2.32. The lowest BCUT2D eigenvalue weighted by Gasteiger charge is -2.30. The zero-order valence-electron chi connectivity index (χ0n) is 9.88. The Morgan fingerprint density at radius 2 is 1.53 bits per heavy atom. The monoisotopic (exact) mass is 245 g/mol. The minimum absolute atomic E-state index is 0.118. The van der Waals surface area contributed by atoms with Gasteiger partial charge in [0.25, 0.3) is 0 Å². The fourth-order valence-electron chi connectivity index (χ4n) is 1.29. The molecule has 1 rings (SSSR count). The predicted octanol–water partition coefficient (Wildman–Crippen LogP) is 3.59. The molecule has 0 spiro atoms. The summed E-state index contributed by atoms with van der Waals surface area (Å²) in [6, 6.07) is 7.04. The van der Waals surface area contributed by atoms with Crippen LogP contribution in [-0.4, -0.2) is 12.2 Å². The Labute approximate surface area is 98.0 Å². The number of carbonyl (C=O) groups is 1. The Bertz CT molecular complexity index is 392. The van der Waals surface area contributed by atoms with Gasteiger partial charge in [-0.2, -0.15) is 0 Å². The zero-order valence-corrected chi connectivity index (χ0v) is 9.88.